The fraction of sp³-hybridized carbons (Fsp3) is 0.267. The van der Waals surface area contributed by atoms with E-state index in [-0.39, 0.29) is 11.4 Å². The number of fused-ring (bicyclic) bond motifs is 1. The lowest BCUT2D eigenvalue weighted by Crippen LogP contribution is -2.47. The summed E-state index contributed by atoms with van der Waals surface area (Å²) in [6, 6.07) is 8.90. The Labute approximate surface area is 139 Å². The molecule has 0 aliphatic carbocycles. The molecule has 126 valence electrons. The maximum atomic E-state index is 12.5. The minimum atomic E-state index is -3.91. The topological polar surface area (TPSA) is 92.6 Å². The van der Waals surface area contributed by atoms with Crippen LogP contribution < -0.4 is 9.21 Å². The first-order valence-corrected chi connectivity index (χ1v) is 8.79. The minimum absolute atomic E-state index is 0.126. The molecule has 1 aliphatic heterocycles. The quantitative estimate of drug-likeness (QED) is 0.801. The monoisotopic (exact) mass is 348 g/mol. The standard InChI is InChI=1S/C15H16N4O4S/c1-17(11-6-4-3-5-7-11)14(21)9-19-15-12(8-16-18(15)2)13(20)10-24(19,22)23/h3-8H,9-10H2,1-2H3. The maximum Gasteiger partial charge on any atom is 0.247 e. The first-order chi connectivity index (χ1) is 11.3. The molecule has 0 bridgehead atoms. The van der Waals surface area contributed by atoms with E-state index < -0.39 is 34.0 Å². The summed E-state index contributed by atoms with van der Waals surface area (Å²) in [6.45, 7) is -0.395. The van der Waals surface area contributed by atoms with E-state index in [0.717, 1.165) is 4.31 Å². The molecule has 0 N–H and O–H groups in total. The van der Waals surface area contributed by atoms with Crippen molar-refractivity contribution in [3.63, 3.8) is 0 Å². The van der Waals surface area contributed by atoms with Gasteiger partial charge in [-0.15, -0.1) is 0 Å². The van der Waals surface area contributed by atoms with E-state index in [4.69, 9.17) is 0 Å². The summed E-state index contributed by atoms with van der Waals surface area (Å²) < 4.78 is 27.0. The number of carbonyl (C=O) groups excluding carboxylic acids is 2. The number of nitrogens with zero attached hydrogens (tertiary/aromatic N) is 4. The van der Waals surface area contributed by atoms with Crippen LogP contribution in [0, 0.1) is 0 Å². The number of para-hydroxylation sites is 1. The Morgan fingerprint density at radius 1 is 1.29 bits per heavy atom. The van der Waals surface area contributed by atoms with Crippen LogP contribution in [0.3, 0.4) is 0 Å². The van der Waals surface area contributed by atoms with Crippen molar-refractivity contribution in [1.29, 1.82) is 0 Å². The fourth-order valence-electron chi connectivity index (χ4n) is 2.57. The Bertz CT molecular complexity index is 905. The Morgan fingerprint density at radius 3 is 2.62 bits per heavy atom. The lowest BCUT2D eigenvalue weighted by molar-refractivity contribution is -0.116. The number of sulfonamides is 1. The van der Waals surface area contributed by atoms with Crippen LogP contribution >= 0.6 is 0 Å². The molecule has 24 heavy (non-hydrogen) atoms. The maximum absolute atomic E-state index is 12.5. The summed E-state index contributed by atoms with van der Waals surface area (Å²) in [6.07, 6.45) is 1.32. The largest absolute Gasteiger partial charge is 0.314 e. The molecular formula is C15H16N4O4S. The number of hydrogen-bond donors (Lipinski definition) is 0. The highest BCUT2D eigenvalue weighted by molar-refractivity contribution is 7.93. The molecule has 0 atom stereocenters. The summed E-state index contributed by atoms with van der Waals surface area (Å²) in [5.74, 6) is -1.46. The predicted octanol–water partition coefficient (Wildman–Crippen LogP) is 0.416. The summed E-state index contributed by atoms with van der Waals surface area (Å²) >= 11 is 0. The van der Waals surface area contributed by atoms with E-state index in [1.54, 1.807) is 31.3 Å². The lowest BCUT2D eigenvalue weighted by Gasteiger charge is -2.29. The van der Waals surface area contributed by atoms with E-state index in [1.807, 2.05) is 6.07 Å². The number of aromatic nitrogens is 2. The molecule has 0 spiro atoms. The van der Waals surface area contributed by atoms with Gasteiger partial charge in [0, 0.05) is 19.8 Å². The van der Waals surface area contributed by atoms with Crippen molar-refractivity contribution in [3.8, 4) is 0 Å². The second kappa shape index (κ2) is 5.75. The van der Waals surface area contributed by atoms with E-state index in [2.05, 4.69) is 5.10 Å². The molecule has 9 heteroatoms. The Kier molecular flexibility index (Phi) is 3.88. The van der Waals surface area contributed by atoms with Gasteiger partial charge in [0.15, 0.2) is 11.6 Å². The van der Waals surface area contributed by atoms with Crippen LogP contribution in [0.4, 0.5) is 11.5 Å². The van der Waals surface area contributed by atoms with Crippen molar-refractivity contribution in [1.82, 2.24) is 9.78 Å². The SMILES string of the molecule is CN(C(=O)CN1c2c(cnn2C)C(=O)CS1(=O)=O)c1ccccc1. The number of benzene rings is 1. The molecule has 0 radical (unpaired) electrons. The van der Waals surface area contributed by atoms with Gasteiger partial charge < -0.3 is 4.90 Å². The number of hydrogen-bond acceptors (Lipinski definition) is 5. The summed E-state index contributed by atoms with van der Waals surface area (Å²) in [7, 11) is -0.808. The van der Waals surface area contributed by atoms with E-state index >= 15 is 0 Å². The van der Waals surface area contributed by atoms with Gasteiger partial charge in [-0.05, 0) is 12.1 Å². The zero-order chi connectivity index (χ0) is 17.5. The molecule has 0 saturated heterocycles. The van der Waals surface area contributed by atoms with Gasteiger partial charge in [0.2, 0.25) is 15.9 Å². The van der Waals surface area contributed by atoms with Gasteiger partial charge in [-0.1, -0.05) is 18.2 Å². The molecule has 8 nitrogen and oxygen atoms in total. The molecule has 2 heterocycles. The normalized spacial score (nSPS) is 15.9. The number of likely N-dealkylation sites (N-methyl/N-ethyl adjacent to an activating group) is 1. The predicted molar refractivity (Wildman–Crippen MR) is 88.5 cm³/mol. The Balaban J connectivity index is 1.94. The van der Waals surface area contributed by atoms with Crippen LogP contribution in [-0.2, 0) is 21.9 Å². The average molecular weight is 348 g/mol. The first kappa shape index (κ1) is 16.2. The number of carbonyl (C=O) groups is 2. The first-order valence-electron chi connectivity index (χ1n) is 7.18. The summed E-state index contributed by atoms with van der Waals surface area (Å²) in [5, 5.41) is 3.94. The second-order valence-electron chi connectivity index (χ2n) is 5.48. The zero-order valence-electron chi connectivity index (χ0n) is 13.2. The van der Waals surface area contributed by atoms with Crippen LogP contribution in [0.25, 0.3) is 0 Å². The number of rotatable bonds is 3. The van der Waals surface area contributed by atoms with Crippen molar-refractivity contribution in [3.05, 3.63) is 42.1 Å². The van der Waals surface area contributed by atoms with Crippen molar-refractivity contribution < 1.29 is 18.0 Å². The number of amides is 1. The molecule has 0 unspecified atom stereocenters. The van der Waals surface area contributed by atoms with Crippen molar-refractivity contribution in [2.24, 2.45) is 7.05 Å². The van der Waals surface area contributed by atoms with Gasteiger partial charge in [-0.3, -0.25) is 14.3 Å². The summed E-state index contributed by atoms with van der Waals surface area (Å²) in [5.41, 5.74) is 0.862. The highest BCUT2D eigenvalue weighted by Gasteiger charge is 2.39. The molecule has 2 aromatic rings. The number of ketones is 1. The molecule has 1 amide bonds. The van der Waals surface area contributed by atoms with Crippen LogP contribution in [0.5, 0.6) is 0 Å². The van der Waals surface area contributed by atoms with Crippen LogP contribution in [0.2, 0.25) is 0 Å². The number of anilines is 2. The van der Waals surface area contributed by atoms with Gasteiger partial charge in [0.1, 0.15) is 12.3 Å². The Morgan fingerprint density at radius 2 is 1.96 bits per heavy atom. The average Bonchev–Trinajstić information content (AvgIpc) is 2.93. The zero-order valence-corrected chi connectivity index (χ0v) is 14.0. The third-order valence-corrected chi connectivity index (χ3v) is 5.49. The molecule has 0 saturated carbocycles. The number of Topliss-reactive ketones (excluding diaryl/α,β-unsaturated/α-hetero) is 1. The second-order valence-corrected chi connectivity index (χ2v) is 7.37. The van der Waals surface area contributed by atoms with Gasteiger partial charge in [-0.25, -0.2) is 12.7 Å². The highest BCUT2D eigenvalue weighted by Crippen LogP contribution is 2.28. The molecule has 1 aromatic heterocycles. The van der Waals surface area contributed by atoms with Crippen LogP contribution in [-0.4, -0.2) is 49.2 Å². The van der Waals surface area contributed by atoms with Crippen molar-refractivity contribution in [2.75, 3.05) is 28.6 Å². The van der Waals surface area contributed by atoms with E-state index in [0.29, 0.717) is 5.69 Å². The smallest absolute Gasteiger partial charge is 0.247 e. The van der Waals surface area contributed by atoms with Gasteiger partial charge in [0.25, 0.3) is 0 Å². The third-order valence-electron chi connectivity index (χ3n) is 3.89. The van der Waals surface area contributed by atoms with Crippen molar-refractivity contribution >= 4 is 33.2 Å². The number of aryl methyl sites for hydroxylation is 1. The fourth-order valence-corrected chi connectivity index (χ4v) is 4.00. The Hall–Kier alpha value is -2.68. The summed E-state index contributed by atoms with van der Waals surface area (Å²) in [4.78, 5) is 25.9. The van der Waals surface area contributed by atoms with E-state index in [9.17, 15) is 18.0 Å². The lowest BCUT2D eigenvalue weighted by atomic mass is 10.2. The van der Waals surface area contributed by atoms with E-state index in [1.165, 1.54) is 22.8 Å². The van der Waals surface area contributed by atoms with Crippen molar-refractivity contribution in [2.45, 2.75) is 0 Å². The minimum Gasteiger partial charge on any atom is -0.314 e. The van der Waals surface area contributed by atoms with Gasteiger partial charge >= 0.3 is 0 Å². The highest BCUT2D eigenvalue weighted by atomic mass is 32.2. The third kappa shape index (κ3) is 2.67. The van der Waals surface area contributed by atoms with Crippen LogP contribution in [0.1, 0.15) is 10.4 Å². The molecule has 3 rings (SSSR count). The molecular weight excluding hydrogens is 332 g/mol. The van der Waals surface area contributed by atoms with Gasteiger partial charge in [0.05, 0.1) is 11.8 Å². The molecule has 1 aromatic carbocycles. The molecule has 0 fully saturated rings. The molecule has 1 aliphatic rings. The van der Waals surface area contributed by atoms with Crippen LogP contribution in [0.15, 0.2) is 36.5 Å². The van der Waals surface area contributed by atoms with Gasteiger partial charge in [-0.2, -0.15) is 5.10 Å².